The Morgan fingerprint density at radius 1 is 0.556 bits per heavy atom. The van der Waals surface area contributed by atoms with E-state index in [1.54, 1.807) is 0 Å². The Bertz CT molecular complexity index is 392. The average Bonchev–Trinajstić information content (AvgIpc) is 2.62. The minimum atomic E-state index is -4.07. The quantitative estimate of drug-likeness (QED) is 0.145. The Morgan fingerprint density at radius 3 is 1.19 bits per heavy atom. The van der Waals surface area contributed by atoms with Gasteiger partial charge in [-0.05, 0) is 51.4 Å². The van der Waals surface area contributed by atoms with Crippen molar-refractivity contribution in [2.75, 3.05) is 31.9 Å². The summed E-state index contributed by atoms with van der Waals surface area (Å²) in [5.41, 5.74) is 0. The van der Waals surface area contributed by atoms with Crippen molar-refractivity contribution in [1.82, 2.24) is 0 Å². The van der Waals surface area contributed by atoms with Gasteiger partial charge in [0.1, 0.15) is 0 Å². The van der Waals surface area contributed by atoms with Crippen LogP contribution in [0, 0.1) is 0 Å². The second kappa shape index (κ2) is 16.8. The summed E-state index contributed by atoms with van der Waals surface area (Å²) < 4.78 is 33.9. The van der Waals surface area contributed by atoms with Crippen LogP contribution in [-0.4, -0.2) is 49.4 Å². The van der Waals surface area contributed by atoms with E-state index < -0.39 is 10.1 Å². The van der Waals surface area contributed by atoms with Crippen molar-refractivity contribution < 1.29 is 17.5 Å². The molecule has 0 saturated heterocycles. The van der Waals surface area contributed by atoms with Crippen molar-refractivity contribution in [2.24, 2.45) is 0 Å². The van der Waals surface area contributed by atoms with Gasteiger partial charge in [-0.15, -0.1) is 0 Å². The summed E-state index contributed by atoms with van der Waals surface area (Å²) >= 11 is 0. The molecule has 0 aliphatic heterocycles. The van der Waals surface area contributed by atoms with Crippen LogP contribution in [0.1, 0.15) is 111 Å². The molecule has 0 fully saturated rings. The van der Waals surface area contributed by atoms with Gasteiger partial charge in [0.25, 0.3) is 0 Å². The van der Waals surface area contributed by atoms with Gasteiger partial charge in [0.2, 0.25) is 0 Å². The molecular weight excluding hydrogens is 358 g/mol. The van der Waals surface area contributed by atoms with E-state index in [1.165, 1.54) is 96.7 Å². The van der Waals surface area contributed by atoms with Crippen molar-refractivity contribution in [3.05, 3.63) is 0 Å². The van der Waals surface area contributed by atoms with Crippen LogP contribution in [0.4, 0.5) is 0 Å². The number of nitrogens with zero attached hydrogens (tertiary/aromatic N) is 1. The molecule has 0 rings (SSSR count). The van der Waals surface area contributed by atoms with Gasteiger partial charge in [-0.1, -0.05) is 59.3 Å². The fraction of sp³-hybridized carbons (Fsp3) is 1.00. The normalized spacial score (nSPS) is 12.6. The molecule has 0 atom stereocenters. The maximum Gasteiger partial charge on any atom is 0.0945 e. The molecule has 4 nitrogen and oxygen atoms in total. The van der Waals surface area contributed by atoms with Crippen LogP contribution in [0.15, 0.2) is 0 Å². The molecule has 0 aliphatic carbocycles. The zero-order valence-corrected chi connectivity index (χ0v) is 19.3. The predicted molar refractivity (Wildman–Crippen MR) is 116 cm³/mol. The molecule has 0 amide bonds. The maximum absolute atomic E-state index is 10.9. The van der Waals surface area contributed by atoms with Gasteiger partial charge in [-0.2, -0.15) is 0 Å². The molecule has 0 bridgehead atoms. The molecule has 0 aromatic carbocycles. The Hall–Kier alpha value is -0.130. The number of unbranched alkanes of at least 4 members (excludes halogenated alkanes) is 10. The minimum absolute atomic E-state index is 0.200. The van der Waals surface area contributed by atoms with Gasteiger partial charge in [0.05, 0.1) is 36.3 Å². The van der Waals surface area contributed by atoms with E-state index >= 15 is 0 Å². The number of rotatable bonds is 20. The lowest BCUT2D eigenvalue weighted by Crippen LogP contribution is -2.51. The zero-order chi connectivity index (χ0) is 20.4. The average molecular weight is 406 g/mol. The third-order valence-corrected chi connectivity index (χ3v) is 6.52. The van der Waals surface area contributed by atoms with Crippen LogP contribution >= 0.6 is 0 Å². The summed E-state index contributed by atoms with van der Waals surface area (Å²) in [7, 11) is -4.07. The molecule has 0 heterocycles. The van der Waals surface area contributed by atoms with Crippen molar-refractivity contribution in [3.8, 4) is 0 Å². The zero-order valence-electron chi connectivity index (χ0n) is 18.5. The van der Waals surface area contributed by atoms with Gasteiger partial charge in [0, 0.05) is 5.75 Å². The summed E-state index contributed by atoms with van der Waals surface area (Å²) in [6.45, 7) is 11.5. The monoisotopic (exact) mass is 405 g/mol. The van der Waals surface area contributed by atoms with Gasteiger partial charge >= 0.3 is 0 Å². The lowest BCUT2D eigenvalue weighted by Gasteiger charge is -2.39. The summed E-state index contributed by atoms with van der Waals surface area (Å²) in [6, 6.07) is 0. The SMILES string of the molecule is CCCCCC[N+](CCCCCC)(CCCCCC)CCCCS(=O)(=O)[O-]. The van der Waals surface area contributed by atoms with E-state index in [2.05, 4.69) is 20.8 Å². The van der Waals surface area contributed by atoms with E-state index in [-0.39, 0.29) is 5.75 Å². The van der Waals surface area contributed by atoms with Gasteiger partial charge in [-0.25, -0.2) is 8.42 Å². The molecule has 27 heavy (non-hydrogen) atoms. The van der Waals surface area contributed by atoms with Crippen LogP contribution in [0.25, 0.3) is 0 Å². The largest absolute Gasteiger partial charge is 0.748 e. The van der Waals surface area contributed by atoms with Crippen LogP contribution in [0.5, 0.6) is 0 Å². The summed E-state index contributed by atoms with van der Waals surface area (Å²) in [4.78, 5) is 0. The summed E-state index contributed by atoms with van der Waals surface area (Å²) in [5.74, 6) is -0.200. The number of quaternary nitrogens is 1. The number of hydrogen-bond acceptors (Lipinski definition) is 3. The molecule has 0 unspecified atom stereocenters. The predicted octanol–water partition coefficient (Wildman–Crippen LogP) is 5.87. The van der Waals surface area contributed by atoms with E-state index in [0.717, 1.165) is 17.4 Å². The molecule has 0 aliphatic rings. The Labute approximate surface area is 170 Å². The second-order valence-electron chi connectivity index (χ2n) is 8.39. The minimum Gasteiger partial charge on any atom is -0.748 e. The lowest BCUT2D eigenvalue weighted by atomic mass is 10.1. The third kappa shape index (κ3) is 16.5. The first-order chi connectivity index (χ1) is 12.9. The third-order valence-electron chi connectivity index (χ3n) is 5.73. The van der Waals surface area contributed by atoms with Crippen LogP contribution in [-0.2, 0) is 10.1 Å². The molecule has 0 radical (unpaired) electrons. The van der Waals surface area contributed by atoms with Gasteiger partial charge < -0.3 is 9.04 Å². The summed E-state index contributed by atoms with van der Waals surface area (Å²) in [6.07, 6.45) is 16.8. The highest BCUT2D eigenvalue weighted by atomic mass is 32.2. The van der Waals surface area contributed by atoms with E-state index in [9.17, 15) is 13.0 Å². The van der Waals surface area contributed by atoms with Crippen molar-refractivity contribution in [2.45, 2.75) is 111 Å². The number of hydrogen-bond donors (Lipinski definition) is 0. The molecule has 0 spiro atoms. The molecule has 0 aromatic rings. The van der Waals surface area contributed by atoms with Crippen LogP contribution in [0.2, 0.25) is 0 Å². The maximum atomic E-state index is 10.9. The van der Waals surface area contributed by atoms with Crippen LogP contribution < -0.4 is 0 Å². The van der Waals surface area contributed by atoms with E-state index in [0.29, 0.717) is 6.42 Å². The van der Waals surface area contributed by atoms with Crippen molar-refractivity contribution in [3.63, 3.8) is 0 Å². The Balaban J connectivity index is 4.80. The first-order valence-electron chi connectivity index (χ1n) is 11.7. The molecule has 164 valence electrons. The molecule has 0 saturated carbocycles. The van der Waals surface area contributed by atoms with Gasteiger partial charge in [-0.3, -0.25) is 0 Å². The topological polar surface area (TPSA) is 57.2 Å². The molecule has 0 aromatic heterocycles. The Kier molecular flexibility index (Phi) is 16.7. The Morgan fingerprint density at radius 2 is 0.889 bits per heavy atom. The van der Waals surface area contributed by atoms with Crippen LogP contribution in [0.3, 0.4) is 0 Å². The first-order valence-corrected chi connectivity index (χ1v) is 13.3. The molecule has 0 N–H and O–H groups in total. The van der Waals surface area contributed by atoms with E-state index in [4.69, 9.17) is 0 Å². The highest BCUT2D eigenvalue weighted by Gasteiger charge is 2.25. The fourth-order valence-corrected chi connectivity index (χ4v) is 4.58. The molecule has 5 heteroatoms. The lowest BCUT2D eigenvalue weighted by molar-refractivity contribution is -0.929. The smallest absolute Gasteiger partial charge is 0.0945 e. The van der Waals surface area contributed by atoms with E-state index in [1.807, 2.05) is 0 Å². The highest BCUT2D eigenvalue weighted by Crippen LogP contribution is 2.19. The highest BCUT2D eigenvalue weighted by molar-refractivity contribution is 7.85. The fourth-order valence-electron chi connectivity index (χ4n) is 4.02. The van der Waals surface area contributed by atoms with Crippen molar-refractivity contribution in [1.29, 1.82) is 0 Å². The standard InChI is InChI=1S/C22H47NO3S/c1-4-7-10-13-18-23(19-14-11-8-5-2,20-15-12-9-6-3)21-16-17-22-27(24,25)26/h4-22H2,1-3H3. The first kappa shape index (κ1) is 26.9. The second-order valence-corrected chi connectivity index (χ2v) is 9.91. The molecular formula is C22H47NO3S. The summed E-state index contributed by atoms with van der Waals surface area (Å²) in [5, 5.41) is 0. The van der Waals surface area contributed by atoms with Gasteiger partial charge in [0.15, 0.2) is 0 Å². The van der Waals surface area contributed by atoms with Crippen molar-refractivity contribution >= 4 is 10.1 Å².